The molecule has 1 aromatic rings. The van der Waals surface area contributed by atoms with E-state index in [1.807, 2.05) is 0 Å². The number of hydrogen-bond acceptors (Lipinski definition) is 4. The topological polar surface area (TPSA) is 91.6 Å². The number of carbonyl (C=O) groups excluding carboxylic acids is 1. The average molecular weight is 301 g/mol. The van der Waals surface area contributed by atoms with Crippen LogP contribution in [0.3, 0.4) is 0 Å². The van der Waals surface area contributed by atoms with E-state index in [0.29, 0.717) is 31.6 Å². The van der Waals surface area contributed by atoms with Crippen LogP contribution in [0, 0.1) is 0 Å². The van der Waals surface area contributed by atoms with Crippen LogP contribution in [0.4, 0.5) is 0 Å². The third-order valence-corrected chi connectivity index (χ3v) is 4.91. The van der Waals surface area contributed by atoms with Gasteiger partial charge in [-0.25, -0.2) is 13.1 Å². The highest BCUT2D eigenvalue weighted by molar-refractivity contribution is 7.89. The Hall–Kier alpha value is -1.38. The first-order chi connectivity index (χ1) is 9.35. The number of carbonyl (C=O) groups is 1. The van der Waals surface area contributed by atoms with Gasteiger partial charge in [-0.3, -0.25) is 4.79 Å². The molecule has 20 heavy (non-hydrogen) atoms. The molecule has 0 atom stereocenters. The molecule has 1 aliphatic rings. The smallest absolute Gasteiger partial charge is 0.270 e. The maximum Gasteiger partial charge on any atom is 0.270 e. The minimum absolute atomic E-state index is 0.0721. The summed E-state index contributed by atoms with van der Waals surface area (Å²) in [4.78, 5) is 14.1. The second kappa shape index (κ2) is 5.55. The van der Waals surface area contributed by atoms with Crippen LogP contribution >= 0.6 is 0 Å². The lowest BCUT2D eigenvalue weighted by Gasteiger charge is -2.29. The first-order valence-corrected chi connectivity index (χ1v) is 7.90. The number of aliphatic hydroxyl groups is 1. The summed E-state index contributed by atoms with van der Waals surface area (Å²) in [6.07, 6.45) is 2.17. The van der Waals surface area contributed by atoms with E-state index in [0.717, 1.165) is 0 Å². The van der Waals surface area contributed by atoms with Gasteiger partial charge < -0.3 is 14.6 Å². The van der Waals surface area contributed by atoms with Crippen LogP contribution < -0.4 is 4.72 Å². The summed E-state index contributed by atoms with van der Waals surface area (Å²) in [5.74, 6) is -0.211. The standard InChI is InChI=1S/C12H19N3O4S/c1-13-20(18,19)10-7-11(14(2)8-10)12(17)15-5-3-9(16)4-6-15/h7-9,13,16H,3-6H2,1-2H3. The summed E-state index contributed by atoms with van der Waals surface area (Å²) in [5, 5.41) is 9.45. The molecular formula is C12H19N3O4S. The van der Waals surface area contributed by atoms with Crippen LogP contribution in [-0.2, 0) is 17.1 Å². The van der Waals surface area contributed by atoms with E-state index >= 15 is 0 Å². The number of sulfonamides is 1. The second-order valence-electron chi connectivity index (χ2n) is 4.90. The first kappa shape index (κ1) is 15.0. The number of aromatic nitrogens is 1. The molecule has 1 saturated heterocycles. The SMILES string of the molecule is CNS(=O)(=O)c1cc(C(=O)N2CCC(O)CC2)n(C)c1. The van der Waals surface area contributed by atoms with Gasteiger partial charge in [-0.1, -0.05) is 0 Å². The molecular weight excluding hydrogens is 282 g/mol. The normalized spacial score (nSPS) is 17.4. The van der Waals surface area contributed by atoms with E-state index in [9.17, 15) is 18.3 Å². The van der Waals surface area contributed by atoms with Crippen molar-refractivity contribution in [3.63, 3.8) is 0 Å². The van der Waals surface area contributed by atoms with E-state index in [1.54, 1.807) is 11.9 Å². The molecule has 0 saturated carbocycles. The van der Waals surface area contributed by atoms with Crippen LogP contribution in [0.15, 0.2) is 17.2 Å². The molecule has 1 fully saturated rings. The minimum atomic E-state index is -3.55. The van der Waals surface area contributed by atoms with Gasteiger partial charge in [-0.15, -0.1) is 0 Å². The van der Waals surface area contributed by atoms with Gasteiger partial charge in [0.15, 0.2) is 0 Å². The van der Waals surface area contributed by atoms with Crippen molar-refractivity contribution in [2.75, 3.05) is 20.1 Å². The third-order valence-electron chi connectivity index (χ3n) is 3.53. The molecule has 0 aliphatic carbocycles. The van der Waals surface area contributed by atoms with Crippen LogP contribution in [0.1, 0.15) is 23.3 Å². The molecule has 2 rings (SSSR count). The van der Waals surface area contributed by atoms with Crippen LogP contribution in [0.5, 0.6) is 0 Å². The summed E-state index contributed by atoms with van der Waals surface area (Å²) in [6, 6.07) is 1.37. The van der Waals surface area contributed by atoms with Gasteiger partial charge in [-0.2, -0.15) is 0 Å². The number of aliphatic hydroxyl groups excluding tert-OH is 1. The lowest BCUT2D eigenvalue weighted by atomic mass is 10.1. The second-order valence-corrected chi connectivity index (χ2v) is 6.79. The monoisotopic (exact) mass is 301 g/mol. The Kier molecular flexibility index (Phi) is 4.17. The zero-order chi connectivity index (χ0) is 14.9. The van der Waals surface area contributed by atoms with Gasteiger partial charge in [0.1, 0.15) is 10.6 Å². The molecule has 0 radical (unpaired) electrons. The Bertz CT molecular complexity index is 600. The number of amides is 1. The molecule has 0 unspecified atom stereocenters. The lowest BCUT2D eigenvalue weighted by Crippen LogP contribution is -2.40. The van der Waals surface area contributed by atoms with Crippen molar-refractivity contribution < 1.29 is 18.3 Å². The van der Waals surface area contributed by atoms with Crippen molar-refractivity contribution in [3.8, 4) is 0 Å². The van der Waals surface area contributed by atoms with Crippen molar-refractivity contribution in [2.24, 2.45) is 7.05 Å². The van der Waals surface area contributed by atoms with E-state index in [4.69, 9.17) is 0 Å². The quantitative estimate of drug-likeness (QED) is 0.789. The number of aryl methyl sites for hydroxylation is 1. The number of piperidine rings is 1. The fourth-order valence-corrected chi connectivity index (χ4v) is 3.04. The van der Waals surface area contributed by atoms with E-state index in [-0.39, 0.29) is 16.9 Å². The van der Waals surface area contributed by atoms with Gasteiger partial charge in [0.05, 0.1) is 6.10 Å². The van der Waals surface area contributed by atoms with Crippen molar-refractivity contribution in [2.45, 2.75) is 23.8 Å². The molecule has 1 aromatic heterocycles. The highest BCUT2D eigenvalue weighted by Gasteiger charge is 2.26. The molecule has 7 nitrogen and oxygen atoms in total. The van der Waals surface area contributed by atoms with Gasteiger partial charge in [0, 0.05) is 26.3 Å². The maximum absolute atomic E-state index is 12.4. The summed E-state index contributed by atoms with van der Waals surface area (Å²) in [5.41, 5.74) is 0.329. The van der Waals surface area contributed by atoms with Gasteiger partial charge in [0.25, 0.3) is 5.91 Å². The summed E-state index contributed by atoms with van der Waals surface area (Å²) < 4.78 is 27.2. The fraction of sp³-hybridized carbons (Fsp3) is 0.583. The zero-order valence-electron chi connectivity index (χ0n) is 11.5. The van der Waals surface area contributed by atoms with Gasteiger partial charge in [0.2, 0.25) is 10.0 Å². The predicted molar refractivity (Wildman–Crippen MR) is 72.8 cm³/mol. The highest BCUT2D eigenvalue weighted by atomic mass is 32.2. The maximum atomic E-state index is 12.4. The van der Waals surface area contributed by atoms with E-state index < -0.39 is 10.0 Å². The number of rotatable bonds is 3. The van der Waals surface area contributed by atoms with Crippen molar-refractivity contribution in [1.82, 2.24) is 14.2 Å². The van der Waals surface area contributed by atoms with Gasteiger partial charge >= 0.3 is 0 Å². The Balaban J connectivity index is 2.23. The predicted octanol–water partition coefficient (Wildman–Crippen LogP) is -0.470. The number of likely N-dealkylation sites (tertiary alicyclic amines) is 1. The Labute approximate surface area is 118 Å². The fourth-order valence-electron chi connectivity index (χ4n) is 2.24. The van der Waals surface area contributed by atoms with Crippen LogP contribution in [0.2, 0.25) is 0 Å². The molecule has 2 N–H and O–H groups in total. The average Bonchev–Trinajstić information content (AvgIpc) is 2.81. The van der Waals surface area contributed by atoms with Crippen molar-refractivity contribution in [3.05, 3.63) is 18.0 Å². The summed E-state index contributed by atoms with van der Waals surface area (Å²) in [7, 11) is -0.586. The Morgan fingerprint density at radius 1 is 1.40 bits per heavy atom. The molecule has 112 valence electrons. The minimum Gasteiger partial charge on any atom is -0.393 e. The van der Waals surface area contributed by atoms with E-state index in [1.165, 1.54) is 23.9 Å². The molecule has 2 heterocycles. The first-order valence-electron chi connectivity index (χ1n) is 6.42. The Morgan fingerprint density at radius 3 is 2.55 bits per heavy atom. The molecule has 1 aliphatic heterocycles. The molecule has 0 bridgehead atoms. The number of hydrogen-bond donors (Lipinski definition) is 2. The third kappa shape index (κ3) is 2.87. The van der Waals surface area contributed by atoms with Gasteiger partial charge in [-0.05, 0) is 26.0 Å². The molecule has 1 amide bonds. The lowest BCUT2D eigenvalue weighted by molar-refractivity contribution is 0.0538. The van der Waals surface area contributed by atoms with Crippen LogP contribution in [0.25, 0.3) is 0 Å². The summed E-state index contributed by atoms with van der Waals surface area (Å²) >= 11 is 0. The van der Waals surface area contributed by atoms with Crippen LogP contribution in [-0.4, -0.2) is 55.1 Å². The number of nitrogens with zero attached hydrogens (tertiary/aromatic N) is 2. The molecule has 8 heteroatoms. The van der Waals surface area contributed by atoms with Crippen molar-refractivity contribution >= 4 is 15.9 Å². The molecule has 0 aromatic carbocycles. The largest absolute Gasteiger partial charge is 0.393 e. The number of nitrogens with one attached hydrogen (secondary N) is 1. The highest BCUT2D eigenvalue weighted by Crippen LogP contribution is 2.17. The summed E-state index contributed by atoms with van der Waals surface area (Å²) in [6.45, 7) is 0.971. The van der Waals surface area contributed by atoms with E-state index in [2.05, 4.69) is 4.72 Å². The van der Waals surface area contributed by atoms with Crippen molar-refractivity contribution in [1.29, 1.82) is 0 Å². The Morgan fingerprint density at radius 2 is 2.00 bits per heavy atom. The zero-order valence-corrected chi connectivity index (χ0v) is 12.4. The molecule has 0 spiro atoms.